The van der Waals surface area contributed by atoms with Crippen molar-refractivity contribution >= 4 is 17.4 Å². The number of hydrogen-bond donors (Lipinski definition) is 2. The molecule has 2 aromatic rings. The van der Waals surface area contributed by atoms with Crippen molar-refractivity contribution in [1.29, 1.82) is 0 Å². The molecule has 1 aromatic carbocycles. The molecule has 1 fully saturated rings. The Morgan fingerprint density at radius 3 is 2.82 bits per heavy atom. The molecule has 2 aliphatic rings. The van der Waals surface area contributed by atoms with Gasteiger partial charge >= 0.3 is 0 Å². The highest BCUT2D eigenvalue weighted by molar-refractivity contribution is 6.03. The lowest BCUT2D eigenvalue weighted by Gasteiger charge is -2.26. The highest BCUT2D eigenvalue weighted by Gasteiger charge is 2.16. The van der Waals surface area contributed by atoms with Gasteiger partial charge in [-0.15, -0.1) is 0 Å². The summed E-state index contributed by atoms with van der Waals surface area (Å²) in [6.45, 7) is 7.02. The molecule has 0 saturated carbocycles. The first-order chi connectivity index (χ1) is 13.7. The fraction of sp³-hybridized carbons (Fsp3) is 0.421. The molecule has 28 heavy (non-hydrogen) atoms. The van der Waals surface area contributed by atoms with Crippen molar-refractivity contribution in [2.45, 2.75) is 6.92 Å². The van der Waals surface area contributed by atoms with Gasteiger partial charge in [-0.2, -0.15) is 0 Å². The van der Waals surface area contributed by atoms with E-state index in [-0.39, 0.29) is 12.7 Å². The van der Waals surface area contributed by atoms with Gasteiger partial charge in [0.25, 0.3) is 5.91 Å². The van der Waals surface area contributed by atoms with Gasteiger partial charge in [0, 0.05) is 44.0 Å². The number of benzene rings is 1. The fourth-order valence-electron chi connectivity index (χ4n) is 3.11. The third-order valence-corrected chi connectivity index (χ3v) is 4.54. The van der Waals surface area contributed by atoms with Crippen LogP contribution in [-0.2, 0) is 4.74 Å². The number of nitrogens with zero attached hydrogens (tertiary/aromatic N) is 3. The molecule has 9 nitrogen and oxygen atoms in total. The summed E-state index contributed by atoms with van der Waals surface area (Å²) in [4.78, 5) is 23.6. The minimum atomic E-state index is -0.305. The third-order valence-electron chi connectivity index (χ3n) is 4.54. The summed E-state index contributed by atoms with van der Waals surface area (Å²) in [5, 5.41) is 6.11. The molecule has 0 spiro atoms. The van der Waals surface area contributed by atoms with E-state index in [9.17, 15) is 4.79 Å². The molecule has 0 unspecified atom stereocenters. The Hall–Kier alpha value is -2.91. The second-order valence-electron chi connectivity index (χ2n) is 6.59. The lowest BCUT2D eigenvalue weighted by atomic mass is 10.2. The van der Waals surface area contributed by atoms with E-state index in [0.29, 0.717) is 34.5 Å². The molecule has 4 rings (SSSR count). The fourth-order valence-corrected chi connectivity index (χ4v) is 3.11. The molecule has 148 valence electrons. The number of morpholine rings is 1. The zero-order valence-corrected chi connectivity index (χ0v) is 15.7. The topological polar surface area (TPSA) is 97.8 Å². The first kappa shape index (κ1) is 18.5. The van der Waals surface area contributed by atoms with Crippen molar-refractivity contribution in [2.75, 3.05) is 56.8 Å². The number of anilines is 2. The summed E-state index contributed by atoms with van der Waals surface area (Å²) in [5.41, 5.74) is 0.923. The highest BCUT2D eigenvalue weighted by atomic mass is 16.7. The van der Waals surface area contributed by atoms with E-state index in [0.717, 1.165) is 39.4 Å². The number of aryl methyl sites for hydroxylation is 1. The Morgan fingerprint density at radius 1 is 1.14 bits per heavy atom. The molecule has 1 aromatic heterocycles. The van der Waals surface area contributed by atoms with Crippen LogP contribution >= 0.6 is 0 Å². The first-order valence-corrected chi connectivity index (χ1v) is 9.28. The number of amides is 1. The van der Waals surface area contributed by atoms with Crippen LogP contribution in [0.5, 0.6) is 11.5 Å². The second kappa shape index (κ2) is 8.41. The molecular weight excluding hydrogens is 362 g/mol. The van der Waals surface area contributed by atoms with E-state index in [4.69, 9.17) is 14.2 Å². The van der Waals surface area contributed by atoms with E-state index in [1.165, 1.54) is 0 Å². The molecule has 2 N–H and O–H groups in total. The van der Waals surface area contributed by atoms with E-state index in [1.807, 2.05) is 0 Å². The average molecular weight is 385 g/mol. The zero-order valence-electron chi connectivity index (χ0n) is 15.7. The van der Waals surface area contributed by atoms with Crippen molar-refractivity contribution in [3.05, 3.63) is 35.8 Å². The Labute approximate surface area is 163 Å². The van der Waals surface area contributed by atoms with Gasteiger partial charge in [-0.1, -0.05) is 0 Å². The number of hydrogen-bond acceptors (Lipinski definition) is 8. The normalized spacial score (nSPS) is 16.0. The van der Waals surface area contributed by atoms with Gasteiger partial charge in [0.1, 0.15) is 17.3 Å². The van der Waals surface area contributed by atoms with Crippen molar-refractivity contribution < 1.29 is 19.0 Å². The minimum absolute atomic E-state index is 0.192. The number of aromatic nitrogens is 2. The second-order valence-corrected chi connectivity index (χ2v) is 6.59. The molecule has 1 saturated heterocycles. The maximum absolute atomic E-state index is 12.6. The highest BCUT2D eigenvalue weighted by Crippen LogP contribution is 2.34. The maximum atomic E-state index is 12.6. The molecule has 1 amide bonds. The number of ether oxygens (including phenoxy) is 3. The summed E-state index contributed by atoms with van der Waals surface area (Å²) in [6, 6.07) is 6.92. The van der Waals surface area contributed by atoms with Gasteiger partial charge in [0.2, 0.25) is 6.79 Å². The van der Waals surface area contributed by atoms with Gasteiger partial charge in [-0.25, -0.2) is 9.97 Å². The number of carbonyl (C=O) groups is 1. The van der Waals surface area contributed by atoms with Crippen LogP contribution < -0.4 is 20.1 Å². The maximum Gasteiger partial charge on any atom is 0.274 e. The van der Waals surface area contributed by atoms with Crippen LogP contribution in [-0.4, -0.2) is 67.0 Å². The van der Waals surface area contributed by atoms with Crippen LogP contribution in [0.25, 0.3) is 0 Å². The average Bonchev–Trinajstić information content (AvgIpc) is 3.16. The Kier molecular flexibility index (Phi) is 5.54. The zero-order chi connectivity index (χ0) is 19.3. The van der Waals surface area contributed by atoms with Gasteiger partial charge in [0.15, 0.2) is 11.5 Å². The molecule has 2 aliphatic heterocycles. The lowest BCUT2D eigenvalue weighted by molar-refractivity contribution is 0.0398. The number of fused-ring (bicyclic) bond motifs is 1. The van der Waals surface area contributed by atoms with Crippen molar-refractivity contribution in [2.24, 2.45) is 0 Å². The van der Waals surface area contributed by atoms with Gasteiger partial charge in [0.05, 0.1) is 13.2 Å². The predicted octanol–water partition coefficient (Wildman–Crippen LogP) is 1.51. The van der Waals surface area contributed by atoms with E-state index >= 15 is 0 Å². The van der Waals surface area contributed by atoms with Crippen molar-refractivity contribution in [1.82, 2.24) is 14.9 Å². The van der Waals surface area contributed by atoms with Crippen LogP contribution in [0.3, 0.4) is 0 Å². The molecule has 9 heteroatoms. The summed E-state index contributed by atoms with van der Waals surface area (Å²) >= 11 is 0. The smallest absolute Gasteiger partial charge is 0.274 e. The van der Waals surface area contributed by atoms with Gasteiger partial charge in [-0.05, 0) is 19.1 Å². The van der Waals surface area contributed by atoms with E-state index in [1.54, 1.807) is 31.2 Å². The number of carbonyl (C=O) groups excluding carboxylic acids is 1. The quantitative estimate of drug-likeness (QED) is 0.772. The summed E-state index contributed by atoms with van der Waals surface area (Å²) in [7, 11) is 0. The Balaban J connectivity index is 1.37. The van der Waals surface area contributed by atoms with Crippen LogP contribution in [0.2, 0.25) is 0 Å². The van der Waals surface area contributed by atoms with Crippen molar-refractivity contribution in [3.8, 4) is 11.5 Å². The molecule has 0 atom stereocenters. The van der Waals surface area contributed by atoms with Crippen LogP contribution in [0.1, 0.15) is 16.3 Å². The van der Waals surface area contributed by atoms with Crippen LogP contribution in [0.15, 0.2) is 24.3 Å². The largest absolute Gasteiger partial charge is 0.454 e. The first-order valence-electron chi connectivity index (χ1n) is 9.28. The SMILES string of the molecule is Cc1nc(NCCN2CCOCC2)cc(C(=O)Nc2ccc3c(c2)OCO3)n1. The molecule has 0 aliphatic carbocycles. The van der Waals surface area contributed by atoms with Gasteiger partial charge < -0.3 is 24.8 Å². The Morgan fingerprint density at radius 2 is 1.96 bits per heavy atom. The Bertz CT molecular complexity index is 854. The molecular formula is C19H23N5O4. The van der Waals surface area contributed by atoms with Crippen LogP contribution in [0.4, 0.5) is 11.5 Å². The predicted molar refractivity (Wildman–Crippen MR) is 103 cm³/mol. The monoisotopic (exact) mass is 385 g/mol. The lowest BCUT2D eigenvalue weighted by Crippen LogP contribution is -2.39. The van der Waals surface area contributed by atoms with Crippen molar-refractivity contribution in [3.63, 3.8) is 0 Å². The number of rotatable bonds is 6. The minimum Gasteiger partial charge on any atom is -0.454 e. The summed E-state index contributed by atoms with van der Waals surface area (Å²) < 4.78 is 16.0. The third kappa shape index (κ3) is 4.49. The molecule has 0 bridgehead atoms. The standard InChI is InChI=1S/C19H23N5O4/c1-13-21-15(11-18(22-13)20-4-5-24-6-8-26-9-7-24)19(25)23-14-2-3-16-17(10-14)28-12-27-16/h2-3,10-11H,4-9,12H2,1H3,(H,23,25)(H,20,21,22). The molecule has 3 heterocycles. The number of nitrogens with one attached hydrogen (secondary N) is 2. The van der Waals surface area contributed by atoms with E-state index in [2.05, 4.69) is 25.5 Å². The molecule has 0 radical (unpaired) electrons. The summed E-state index contributed by atoms with van der Waals surface area (Å²) in [6.07, 6.45) is 0. The van der Waals surface area contributed by atoms with E-state index < -0.39 is 0 Å². The van der Waals surface area contributed by atoms with Crippen LogP contribution in [0, 0.1) is 6.92 Å². The van der Waals surface area contributed by atoms with Gasteiger partial charge in [-0.3, -0.25) is 9.69 Å². The summed E-state index contributed by atoms with van der Waals surface area (Å²) in [5.74, 6) is 2.15.